The third-order valence-electron chi connectivity index (χ3n) is 2.90. The van der Waals surface area contributed by atoms with Gasteiger partial charge in [-0.25, -0.2) is 0 Å². The zero-order chi connectivity index (χ0) is 13.9. The van der Waals surface area contributed by atoms with E-state index in [0.29, 0.717) is 5.76 Å². The van der Waals surface area contributed by atoms with E-state index in [1.54, 1.807) is 24.4 Å². The van der Waals surface area contributed by atoms with E-state index in [9.17, 15) is 10.1 Å². The number of hydrogen-bond donors (Lipinski definition) is 0. The predicted molar refractivity (Wildman–Crippen MR) is 76.0 cm³/mol. The molecule has 3 rings (SSSR count). The number of furan rings is 1. The highest BCUT2D eigenvalue weighted by Crippen LogP contribution is 2.20. The molecule has 2 aromatic heterocycles. The monoisotopic (exact) mass is 266 g/mol. The molecule has 0 amide bonds. The van der Waals surface area contributed by atoms with Gasteiger partial charge >= 0.3 is 5.88 Å². The van der Waals surface area contributed by atoms with Crippen LogP contribution in [0.15, 0.2) is 53.1 Å². The Kier molecular flexibility index (Phi) is 3.01. The molecule has 0 saturated heterocycles. The number of fused-ring (bicyclic) bond motifs is 1. The van der Waals surface area contributed by atoms with Gasteiger partial charge in [-0.2, -0.15) is 0 Å². The zero-order valence-corrected chi connectivity index (χ0v) is 10.4. The Bertz CT molecular complexity index is 800. The summed E-state index contributed by atoms with van der Waals surface area (Å²) in [6.07, 6.45) is 5.18. The van der Waals surface area contributed by atoms with Gasteiger partial charge in [0.2, 0.25) is 0 Å². The van der Waals surface area contributed by atoms with Crippen molar-refractivity contribution in [1.82, 2.24) is 4.98 Å². The maximum Gasteiger partial charge on any atom is 0.433 e. The highest BCUT2D eigenvalue weighted by molar-refractivity contribution is 5.90. The third kappa shape index (κ3) is 2.29. The summed E-state index contributed by atoms with van der Waals surface area (Å²) < 4.78 is 5.07. The van der Waals surface area contributed by atoms with Crippen LogP contribution in [0.2, 0.25) is 0 Å². The first-order chi connectivity index (χ1) is 9.74. The second-order valence-corrected chi connectivity index (χ2v) is 4.18. The van der Waals surface area contributed by atoms with Gasteiger partial charge in [-0.05, 0) is 29.7 Å². The van der Waals surface area contributed by atoms with Crippen molar-refractivity contribution in [1.29, 1.82) is 0 Å². The van der Waals surface area contributed by atoms with Crippen molar-refractivity contribution in [3.8, 4) is 0 Å². The summed E-state index contributed by atoms with van der Waals surface area (Å²) in [5, 5.41) is 12.6. The maximum absolute atomic E-state index is 10.5. The smallest absolute Gasteiger partial charge is 0.401 e. The first-order valence-corrected chi connectivity index (χ1v) is 6.00. The minimum absolute atomic E-state index is 0.268. The van der Waals surface area contributed by atoms with Crippen LogP contribution in [0.25, 0.3) is 22.9 Å². The summed E-state index contributed by atoms with van der Waals surface area (Å²) >= 11 is 0. The Hall–Kier alpha value is -2.95. The van der Waals surface area contributed by atoms with Crippen LogP contribution in [0, 0.1) is 10.1 Å². The molecule has 0 saturated carbocycles. The van der Waals surface area contributed by atoms with Gasteiger partial charge in [-0.3, -0.25) is 15.1 Å². The quantitative estimate of drug-likeness (QED) is 0.532. The molecule has 5 nitrogen and oxygen atoms in total. The number of pyridine rings is 1. The summed E-state index contributed by atoms with van der Waals surface area (Å²) in [6.45, 7) is 0. The summed E-state index contributed by atoms with van der Waals surface area (Å²) in [7, 11) is 0. The van der Waals surface area contributed by atoms with Gasteiger partial charge in [0.25, 0.3) is 0 Å². The Labute approximate surface area is 114 Å². The van der Waals surface area contributed by atoms with Crippen LogP contribution in [0.5, 0.6) is 0 Å². The van der Waals surface area contributed by atoms with E-state index in [1.807, 2.05) is 30.3 Å². The maximum atomic E-state index is 10.5. The summed E-state index contributed by atoms with van der Waals surface area (Å²) in [4.78, 5) is 14.3. The molecule has 0 fully saturated rings. The van der Waals surface area contributed by atoms with Crippen LogP contribution in [0.4, 0.5) is 5.88 Å². The molecular formula is C15H10N2O3. The lowest BCUT2D eigenvalue weighted by atomic mass is 10.1. The Morgan fingerprint density at radius 1 is 1.10 bits per heavy atom. The molecule has 3 aromatic rings. The standard InChI is InChI=1S/C15H10N2O3/c18-17(19)15-8-6-12(20-15)5-7-14-13-4-2-1-3-11(13)9-10-16-14/h1-10H/b7-5+. The molecule has 5 heteroatoms. The van der Waals surface area contributed by atoms with Crippen molar-refractivity contribution < 1.29 is 9.34 Å². The number of nitro groups is 1. The molecule has 0 spiro atoms. The van der Waals surface area contributed by atoms with E-state index in [1.165, 1.54) is 6.07 Å². The molecule has 0 bridgehead atoms. The lowest BCUT2D eigenvalue weighted by Gasteiger charge is -1.99. The molecule has 0 radical (unpaired) electrons. The topological polar surface area (TPSA) is 69.2 Å². The van der Waals surface area contributed by atoms with Gasteiger partial charge in [-0.15, -0.1) is 0 Å². The molecule has 0 unspecified atom stereocenters. The van der Waals surface area contributed by atoms with Crippen LogP contribution in [-0.4, -0.2) is 9.91 Å². The number of rotatable bonds is 3. The van der Waals surface area contributed by atoms with E-state index in [2.05, 4.69) is 4.98 Å². The highest BCUT2D eigenvalue weighted by atomic mass is 16.6. The van der Waals surface area contributed by atoms with Crippen molar-refractivity contribution >= 4 is 28.8 Å². The summed E-state index contributed by atoms with van der Waals surface area (Å²) in [5.41, 5.74) is 0.794. The normalized spacial score (nSPS) is 11.2. The molecule has 0 N–H and O–H groups in total. The molecule has 20 heavy (non-hydrogen) atoms. The van der Waals surface area contributed by atoms with E-state index in [-0.39, 0.29) is 5.88 Å². The van der Waals surface area contributed by atoms with E-state index in [0.717, 1.165) is 16.5 Å². The van der Waals surface area contributed by atoms with Crippen LogP contribution >= 0.6 is 0 Å². The molecule has 0 aliphatic rings. The summed E-state index contributed by atoms with van der Waals surface area (Å²) in [5.74, 6) is 0.155. The van der Waals surface area contributed by atoms with Crippen LogP contribution < -0.4 is 0 Å². The SMILES string of the molecule is O=[N+]([O-])c1ccc(/C=C/c2nccc3ccccc23)o1. The molecular weight excluding hydrogens is 256 g/mol. The average Bonchev–Trinajstić information content (AvgIpc) is 2.94. The second kappa shape index (κ2) is 4.97. The average molecular weight is 266 g/mol. The number of nitrogens with zero attached hydrogens (tertiary/aromatic N) is 2. The lowest BCUT2D eigenvalue weighted by molar-refractivity contribution is -0.402. The van der Waals surface area contributed by atoms with Crippen molar-refractivity contribution in [2.24, 2.45) is 0 Å². The molecule has 2 heterocycles. The van der Waals surface area contributed by atoms with Gasteiger partial charge < -0.3 is 4.42 Å². The van der Waals surface area contributed by atoms with E-state index in [4.69, 9.17) is 4.42 Å². The first-order valence-electron chi connectivity index (χ1n) is 6.00. The third-order valence-corrected chi connectivity index (χ3v) is 2.90. The van der Waals surface area contributed by atoms with Crippen LogP contribution in [0.3, 0.4) is 0 Å². The van der Waals surface area contributed by atoms with E-state index >= 15 is 0 Å². The lowest BCUT2D eigenvalue weighted by Crippen LogP contribution is -1.83. The minimum Gasteiger partial charge on any atom is -0.401 e. The largest absolute Gasteiger partial charge is 0.433 e. The van der Waals surface area contributed by atoms with Gasteiger partial charge in [-0.1, -0.05) is 24.3 Å². The molecule has 1 aromatic carbocycles. The van der Waals surface area contributed by atoms with Crippen molar-refractivity contribution in [2.75, 3.05) is 0 Å². The Morgan fingerprint density at radius 3 is 2.75 bits per heavy atom. The molecule has 0 aliphatic carbocycles. The number of aromatic nitrogens is 1. The first kappa shape index (κ1) is 12.1. The van der Waals surface area contributed by atoms with E-state index < -0.39 is 4.92 Å². The Morgan fingerprint density at radius 2 is 1.95 bits per heavy atom. The number of benzene rings is 1. The predicted octanol–water partition coefficient (Wildman–Crippen LogP) is 3.91. The van der Waals surface area contributed by atoms with Gasteiger partial charge in [0.15, 0.2) is 0 Å². The van der Waals surface area contributed by atoms with Crippen molar-refractivity contribution in [3.05, 3.63) is 70.2 Å². The van der Waals surface area contributed by atoms with Crippen LogP contribution in [0.1, 0.15) is 11.5 Å². The molecule has 0 aliphatic heterocycles. The summed E-state index contributed by atoms with van der Waals surface area (Å²) in [6, 6.07) is 12.7. The molecule has 0 atom stereocenters. The van der Waals surface area contributed by atoms with Crippen LogP contribution in [-0.2, 0) is 0 Å². The highest BCUT2D eigenvalue weighted by Gasteiger charge is 2.09. The van der Waals surface area contributed by atoms with Crippen molar-refractivity contribution in [3.63, 3.8) is 0 Å². The minimum atomic E-state index is -0.562. The van der Waals surface area contributed by atoms with Gasteiger partial charge in [0.05, 0.1) is 11.8 Å². The zero-order valence-electron chi connectivity index (χ0n) is 10.4. The molecule has 98 valence electrons. The second-order valence-electron chi connectivity index (χ2n) is 4.18. The number of hydrogen-bond acceptors (Lipinski definition) is 4. The van der Waals surface area contributed by atoms with Crippen molar-refractivity contribution in [2.45, 2.75) is 0 Å². The van der Waals surface area contributed by atoms with Gasteiger partial charge in [0.1, 0.15) is 10.7 Å². The fourth-order valence-electron chi connectivity index (χ4n) is 1.97. The fraction of sp³-hybridized carbons (Fsp3) is 0. The van der Waals surface area contributed by atoms with Gasteiger partial charge in [0, 0.05) is 11.6 Å². The fourth-order valence-corrected chi connectivity index (χ4v) is 1.97. The Balaban J connectivity index is 1.96.